The number of nitrogens with zero attached hydrogens (tertiary/aromatic N) is 2. The van der Waals surface area contributed by atoms with E-state index >= 15 is 0 Å². The van der Waals surface area contributed by atoms with Crippen molar-refractivity contribution in [3.63, 3.8) is 0 Å². The summed E-state index contributed by atoms with van der Waals surface area (Å²) < 4.78 is 0. The number of hydrogen-bond donors (Lipinski definition) is 1. The summed E-state index contributed by atoms with van der Waals surface area (Å²) in [6, 6.07) is 0.0238. The van der Waals surface area contributed by atoms with Gasteiger partial charge in [0.15, 0.2) is 0 Å². The van der Waals surface area contributed by atoms with Crippen molar-refractivity contribution in [3.05, 3.63) is 10.0 Å². The first-order valence-corrected chi connectivity index (χ1v) is 8.39. The Hall–Kier alpha value is -0.480. The minimum absolute atomic E-state index is 0.0238. The fraction of sp³-hybridized carbons (Fsp3) is 0.867. The van der Waals surface area contributed by atoms with Crippen molar-refractivity contribution in [3.8, 4) is 0 Å². The van der Waals surface area contributed by atoms with Gasteiger partial charge in [0.05, 0.1) is 6.04 Å². The third-order valence-corrected chi connectivity index (χ3v) is 7.01. The summed E-state index contributed by atoms with van der Waals surface area (Å²) in [5.41, 5.74) is 6.88. The molecule has 3 nitrogen and oxygen atoms in total. The molecular formula is C15H23N3S. The summed E-state index contributed by atoms with van der Waals surface area (Å²) >= 11 is 1.78. The van der Waals surface area contributed by atoms with E-state index in [1.807, 2.05) is 6.92 Å². The van der Waals surface area contributed by atoms with Gasteiger partial charge >= 0.3 is 0 Å². The van der Waals surface area contributed by atoms with Gasteiger partial charge in [-0.05, 0) is 62.7 Å². The highest BCUT2D eigenvalue weighted by Crippen LogP contribution is 2.65. The van der Waals surface area contributed by atoms with Gasteiger partial charge in [-0.3, -0.25) is 0 Å². The Morgan fingerprint density at radius 3 is 2.42 bits per heavy atom. The zero-order valence-electron chi connectivity index (χ0n) is 11.9. The lowest BCUT2D eigenvalue weighted by Crippen LogP contribution is -2.52. The average Bonchev–Trinajstić information content (AvgIpc) is 2.74. The normalized spacial score (nSPS) is 45.6. The maximum Gasteiger partial charge on any atom is 0.133 e. The van der Waals surface area contributed by atoms with E-state index < -0.39 is 0 Å². The van der Waals surface area contributed by atoms with Crippen molar-refractivity contribution in [2.45, 2.75) is 63.8 Å². The Labute approximate surface area is 119 Å². The first-order chi connectivity index (χ1) is 8.98. The van der Waals surface area contributed by atoms with Gasteiger partial charge in [-0.15, -0.1) is 10.2 Å². The molecule has 1 heterocycles. The highest BCUT2D eigenvalue weighted by molar-refractivity contribution is 7.11. The van der Waals surface area contributed by atoms with E-state index in [0.717, 1.165) is 16.8 Å². The highest BCUT2D eigenvalue weighted by Gasteiger charge is 2.57. The van der Waals surface area contributed by atoms with Gasteiger partial charge in [-0.1, -0.05) is 18.3 Å². The molecule has 1 aromatic rings. The van der Waals surface area contributed by atoms with E-state index in [0.29, 0.717) is 10.8 Å². The van der Waals surface area contributed by atoms with Crippen molar-refractivity contribution < 1.29 is 0 Å². The molecule has 4 bridgehead atoms. The molecule has 0 spiro atoms. The van der Waals surface area contributed by atoms with Crippen molar-refractivity contribution in [2.24, 2.45) is 23.0 Å². The highest BCUT2D eigenvalue weighted by atomic mass is 32.1. The average molecular weight is 277 g/mol. The number of rotatable bonds is 2. The minimum Gasteiger partial charge on any atom is -0.322 e. The second-order valence-corrected chi connectivity index (χ2v) is 8.80. The van der Waals surface area contributed by atoms with E-state index in [1.54, 1.807) is 11.3 Å². The van der Waals surface area contributed by atoms with E-state index in [-0.39, 0.29) is 6.04 Å². The lowest BCUT2D eigenvalue weighted by molar-refractivity contribution is -0.0618. The molecule has 104 valence electrons. The molecule has 0 aromatic carbocycles. The molecule has 2 N–H and O–H groups in total. The Balaban J connectivity index is 1.73. The van der Waals surface area contributed by atoms with Crippen LogP contribution in [0.5, 0.6) is 0 Å². The third-order valence-electron chi connectivity index (χ3n) is 5.64. The van der Waals surface area contributed by atoms with Crippen LogP contribution in [0.2, 0.25) is 0 Å². The molecule has 5 rings (SSSR count). The van der Waals surface area contributed by atoms with Crippen LogP contribution in [-0.2, 0) is 5.41 Å². The van der Waals surface area contributed by atoms with Crippen LogP contribution in [0, 0.1) is 17.3 Å². The van der Waals surface area contributed by atoms with Crippen LogP contribution in [0.1, 0.15) is 68.4 Å². The van der Waals surface area contributed by atoms with Gasteiger partial charge in [0, 0.05) is 5.41 Å². The van der Waals surface area contributed by atoms with Gasteiger partial charge in [0.25, 0.3) is 0 Å². The first kappa shape index (κ1) is 12.3. The SMILES string of the molecule is CC(N)c1nnc(C23CC4CC(CC(C)(C4)C2)C3)s1. The number of nitrogens with two attached hydrogens (primary N) is 1. The summed E-state index contributed by atoms with van der Waals surface area (Å²) in [6.07, 6.45) is 8.41. The Morgan fingerprint density at radius 1 is 1.21 bits per heavy atom. The lowest BCUT2D eigenvalue weighted by Gasteiger charge is -2.60. The monoisotopic (exact) mass is 277 g/mol. The summed E-state index contributed by atoms with van der Waals surface area (Å²) in [4.78, 5) is 0. The van der Waals surface area contributed by atoms with Crippen molar-refractivity contribution in [1.29, 1.82) is 0 Å². The Morgan fingerprint density at radius 2 is 1.89 bits per heavy atom. The van der Waals surface area contributed by atoms with Crippen LogP contribution in [-0.4, -0.2) is 10.2 Å². The molecule has 4 fully saturated rings. The quantitative estimate of drug-likeness (QED) is 0.901. The summed E-state index contributed by atoms with van der Waals surface area (Å²) in [5, 5.41) is 11.2. The smallest absolute Gasteiger partial charge is 0.133 e. The number of hydrogen-bond acceptors (Lipinski definition) is 4. The van der Waals surface area contributed by atoms with Gasteiger partial charge in [-0.25, -0.2) is 0 Å². The third kappa shape index (κ3) is 1.79. The lowest BCUT2D eigenvalue weighted by atomic mass is 9.45. The molecule has 4 aliphatic rings. The molecule has 19 heavy (non-hydrogen) atoms. The topological polar surface area (TPSA) is 51.8 Å². The molecule has 1 aromatic heterocycles. The first-order valence-electron chi connectivity index (χ1n) is 7.58. The van der Waals surface area contributed by atoms with Crippen molar-refractivity contribution in [2.75, 3.05) is 0 Å². The van der Waals surface area contributed by atoms with Crippen LogP contribution in [0.25, 0.3) is 0 Å². The van der Waals surface area contributed by atoms with Crippen LogP contribution >= 0.6 is 11.3 Å². The summed E-state index contributed by atoms with van der Waals surface area (Å²) in [5.74, 6) is 1.88. The van der Waals surface area contributed by atoms with Crippen LogP contribution in [0.4, 0.5) is 0 Å². The molecule has 4 aliphatic carbocycles. The summed E-state index contributed by atoms with van der Waals surface area (Å²) in [6.45, 7) is 4.51. The Kier molecular flexibility index (Phi) is 2.45. The molecule has 4 saturated carbocycles. The van der Waals surface area contributed by atoms with Gasteiger partial charge < -0.3 is 5.73 Å². The zero-order valence-corrected chi connectivity index (χ0v) is 12.7. The Bertz CT molecular complexity index is 493. The number of aromatic nitrogens is 2. The second-order valence-electron chi connectivity index (χ2n) is 7.79. The largest absolute Gasteiger partial charge is 0.322 e. The van der Waals surface area contributed by atoms with Crippen LogP contribution < -0.4 is 5.73 Å². The molecule has 4 heteroatoms. The predicted octanol–water partition coefficient (Wildman–Crippen LogP) is 3.42. The zero-order chi connectivity index (χ0) is 13.3. The molecule has 0 radical (unpaired) electrons. The van der Waals surface area contributed by atoms with Gasteiger partial charge in [0.2, 0.25) is 0 Å². The van der Waals surface area contributed by atoms with Gasteiger partial charge in [0.1, 0.15) is 10.0 Å². The predicted molar refractivity (Wildman–Crippen MR) is 77.0 cm³/mol. The maximum absolute atomic E-state index is 5.95. The molecular weight excluding hydrogens is 254 g/mol. The molecule has 3 atom stereocenters. The van der Waals surface area contributed by atoms with E-state index in [2.05, 4.69) is 17.1 Å². The second kappa shape index (κ2) is 3.79. The van der Waals surface area contributed by atoms with Crippen molar-refractivity contribution >= 4 is 11.3 Å². The molecule has 3 unspecified atom stereocenters. The van der Waals surface area contributed by atoms with E-state index in [1.165, 1.54) is 43.5 Å². The van der Waals surface area contributed by atoms with E-state index in [9.17, 15) is 0 Å². The maximum atomic E-state index is 5.95. The molecule has 0 amide bonds. The van der Waals surface area contributed by atoms with E-state index in [4.69, 9.17) is 5.73 Å². The van der Waals surface area contributed by atoms with Crippen molar-refractivity contribution in [1.82, 2.24) is 10.2 Å². The standard InChI is InChI=1S/C15H23N3S/c1-9(16)12-17-18-13(19-12)15-6-10-3-11(7-15)5-14(2,4-10)8-15/h9-11H,3-8,16H2,1-2H3. The summed E-state index contributed by atoms with van der Waals surface area (Å²) in [7, 11) is 0. The molecule has 0 saturated heterocycles. The van der Waals surface area contributed by atoms with Crippen LogP contribution in [0.3, 0.4) is 0 Å². The van der Waals surface area contributed by atoms with Crippen LogP contribution in [0.15, 0.2) is 0 Å². The van der Waals surface area contributed by atoms with Gasteiger partial charge in [-0.2, -0.15) is 0 Å². The molecule has 0 aliphatic heterocycles. The minimum atomic E-state index is 0.0238. The fourth-order valence-electron chi connectivity index (χ4n) is 5.60. The fourth-order valence-corrected chi connectivity index (χ4v) is 6.61.